The zero-order valence-electron chi connectivity index (χ0n) is 14.8. The lowest BCUT2D eigenvalue weighted by Gasteiger charge is -2.35. The minimum Gasteiger partial charge on any atom is -0.171 e. The fourth-order valence-electron chi connectivity index (χ4n) is 3.55. The molecule has 26 heavy (non-hydrogen) atoms. The van der Waals surface area contributed by atoms with Crippen LogP contribution in [0.4, 0.5) is 13.2 Å². The zero-order chi connectivity index (χ0) is 18.8. The van der Waals surface area contributed by atoms with Crippen molar-refractivity contribution in [3.05, 3.63) is 90.5 Å². The quantitative estimate of drug-likeness (QED) is 0.483. The van der Waals surface area contributed by atoms with Crippen molar-refractivity contribution < 1.29 is 13.2 Å². The van der Waals surface area contributed by atoms with Crippen LogP contribution in [-0.2, 0) is 0 Å². The maximum atomic E-state index is 14.0. The summed E-state index contributed by atoms with van der Waals surface area (Å²) in [6, 6.07) is 25.7. The normalized spacial score (nSPS) is 13.4. The molecule has 1 unspecified atom stereocenters. The summed E-state index contributed by atoms with van der Waals surface area (Å²) in [5, 5.41) is 0.814. The van der Waals surface area contributed by atoms with Crippen LogP contribution in [0, 0.1) is 0 Å². The molecule has 4 heteroatoms. The molecule has 0 nitrogen and oxygen atoms in total. The summed E-state index contributed by atoms with van der Waals surface area (Å²) in [4.78, 5) is 0. The smallest absolute Gasteiger partial charge is 0.171 e. The van der Waals surface area contributed by atoms with Crippen molar-refractivity contribution in [1.29, 1.82) is 0 Å². The average molecular weight is 370 g/mol. The Morgan fingerprint density at radius 2 is 1.12 bits per heavy atom. The van der Waals surface area contributed by atoms with Crippen LogP contribution in [0.1, 0.15) is 11.1 Å². The van der Waals surface area contributed by atoms with Crippen molar-refractivity contribution in [3.63, 3.8) is 0 Å². The van der Waals surface area contributed by atoms with E-state index >= 15 is 0 Å². The second-order valence-corrected chi connectivity index (χ2v) is 11.6. The first-order valence-corrected chi connectivity index (χ1v) is 11.7. The van der Waals surface area contributed by atoms with E-state index in [0.29, 0.717) is 5.56 Å². The number of alkyl halides is 3. The van der Waals surface area contributed by atoms with Crippen LogP contribution in [0.25, 0.3) is 11.1 Å². The first kappa shape index (κ1) is 18.5. The summed E-state index contributed by atoms with van der Waals surface area (Å²) in [7, 11) is -2.81. The van der Waals surface area contributed by atoms with Gasteiger partial charge < -0.3 is 0 Å². The van der Waals surface area contributed by atoms with Crippen LogP contribution >= 0.6 is 0 Å². The summed E-state index contributed by atoms with van der Waals surface area (Å²) in [5.41, 5.74) is 0.830. The van der Waals surface area contributed by atoms with Crippen LogP contribution in [-0.4, -0.2) is 14.3 Å². The molecule has 0 heterocycles. The van der Waals surface area contributed by atoms with Crippen molar-refractivity contribution in [1.82, 2.24) is 0 Å². The van der Waals surface area contributed by atoms with Crippen LogP contribution in [0.3, 0.4) is 0 Å². The molecule has 0 spiro atoms. The second kappa shape index (κ2) is 7.12. The van der Waals surface area contributed by atoms with Crippen molar-refractivity contribution in [3.8, 4) is 11.1 Å². The Bertz CT molecular complexity index is 838. The molecule has 0 fully saturated rings. The Kier molecular flexibility index (Phi) is 5.05. The molecule has 0 aliphatic rings. The van der Waals surface area contributed by atoms with Crippen LogP contribution in [0.15, 0.2) is 84.9 Å². The molecule has 0 radical (unpaired) electrons. The lowest BCUT2D eigenvalue weighted by Crippen LogP contribution is -2.53. The lowest BCUT2D eigenvalue weighted by molar-refractivity contribution is -0.133. The number of benzene rings is 3. The highest BCUT2D eigenvalue weighted by Gasteiger charge is 2.51. The summed E-state index contributed by atoms with van der Waals surface area (Å²) >= 11 is 0. The Labute approximate surface area is 153 Å². The number of halogens is 3. The van der Waals surface area contributed by atoms with E-state index in [4.69, 9.17) is 0 Å². The van der Waals surface area contributed by atoms with Gasteiger partial charge >= 0.3 is 6.18 Å². The second-order valence-electron chi connectivity index (χ2n) is 7.05. The van der Waals surface area contributed by atoms with Gasteiger partial charge in [0.05, 0.1) is 13.6 Å². The molecular formula is C22H21F3Si. The van der Waals surface area contributed by atoms with Gasteiger partial charge in [-0.3, -0.25) is 0 Å². The van der Waals surface area contributed by atoms with Gasteiger partial charge in [-0.15, -0.1) is 0 Å². The maximum absolute atomic E-state index is 14.0. The number of hydrogen-bond donors (Lipinski definition) is 0. The van der Waals surface area contributed by atoms with E-state index in [-0.39, 0.29) is 0 Å². The van der Waals surface area contributed by atoms with Crippen molar-refractivity contribution in [2.75, 3.05) is 0 Å². The molecule has 3 aromatic rings. The fraction of sp³-hybridized carbons (Fsp3) is 0.182. The Hall–Kier alpha value is -2.33. The summed E-state index contributed by atoms with van der Waals surface area (Å²) < 4.78 is 42.1. The van der Waals surface area contributed by atoms with Crippen molar-refractivity contribution in [2.24, 2.45) is 0 Å². The van der Waals surface area contributed by atoms with Gasteiger partial charge in [-0.1, -0.05) is 103 Å². The third-order valence-electron chi connectivity index (χ3n) is 4.92. The third-order valence-corrected chi connectivity index (χ3v) is 8.84. The highest BCUT2D eigenvalue weighted by Crippen LogP contribution is 2.41. The molecule has 0 saturated heterocycles. The van der Waals surface area contributed by atoms with E-state index in [9.17, 15) is 13.2 Å². The summed E-state index contributed by atoms with van der Waals surface area (Å²) in [6.45, 7) is 3.59. The molecule has 0 aromatic heterocycles. The van der Waals surface area contributed by atoms with Gasteiger partial charge in [-0.2, -0.15) is 13.2 Å². The molecule has 0 saturated carbocycles. The van der Waals surface area contributed by atoms with Crippen LogP contribution in [0.2, 0.25) is 13.1 Å². The van der Waals surface area contributed by atoms with Crippen LogP contribution in [0.5, 0.6) is 0 Å². The van der Waals surface area contributed by atoms with Crippen LogP contribution < -0.4 is 5.19 Å². The van der Waals surface area contributed by atoms with Gasteiger partial charge in [0.15, 0.2) is 0 Å². The monoisotopic (exact) mass is 370 g/mol. The number of rotatable bonds is 4. The molecule has 0 amide bonds. The third kappa shape index (κ3) is 3.75. The zero-order valence-corrected chi connectivity index (χ0v) is 15.8. The molecule has 3 rings (SSSR count). The topological polar surface area (TPSA) is 0 Å². The van der Waals surface area contributed by atoms with Gasteiger partial charge in [0.2, 0.25) is 0 Å². The lowest BCUT2D eigenvalue weighted by atomic mass is 10.0. The van der Waals surface area contributed by atoms with Gasteiger partial charge in [0, 0.05) is 0 Å². The predicted octanol–water partition coefficient (Wildman–Crippen LogP) is 6.15. The van der Waals surface area contributed by atoms with E-state index in [0.717, 1.165) is 16.3 Å². The van der Waals surface area contributed by atoms with E-state index in [1.807, 2.05) is 60.7 Å². The highest BCUT2D eigenvalue weighted by atomic mass is 28.3. The minimum absolute atomic E-state index is 0.345. The molecule has 0 aliphatic carbocycles. The fourth-order valence-corrected chi connectivity index (χ4v) is 6.78. The molecular weight excluding hydrogens is 349 g/mol. The molecule has 0 N–H and O–H groups in total. The molecule has 0 aliphatic heterocycles. The van der Waals surface area contributed by atoms with E-state index in [1.54, 1.807) is 37.4 Å². The first-order chi connectivity index (χ1) is 12.3. The standard InChI is InChI=1S/C22H21F3Si/c1-26(2,20-11-7-4-8-12-20)21(22(23,24)25)19-15-13-18(14-16-19)17-9-5-3-6-10-17/h3-16,21H,1-2H3. The Morgan fingerprint density at radius 3 is 1.62 bits per heavy atom. The van der Waals surface area contributed by atoms with Gasteiger partial charge in [0.25, 0.3) is 0 Å². The SMILES string of the molecule is C[Si](C)(c1ccccc1)C(c1ccc(-c2ccccc2)cc1)C(F)(F)F. The minimum atomic E-state index is -4.28. The summed E-state index contributed by atoms with van der Waals surface area (Å²) in [6.07, 6.45) is -4.28. The molecule has 3 aromatic carbocycles. The molecule has 0 bridgehead atoms. The number of hydrogen-bond acceptors (Lipinski definition) is 0. The van der Waals surface area contributed by atoms with E-state index < -0.39 is 19.8 Å². The highest BCUT2D eigenvalue weighted by molar-refractivity contribution is 6.91. The Morgan fingerprint density at radius 1 is 0.654 bits per heavy atom. The van der Waals surface area contributed by atoms with Gasteiger partial charge in [0.1, 0.15) is 0 Å². The van der Waals surface area contributed by atoms with E-state index in [1.165, 1.54) is 0 Å². The molecule has 1 atom stereocenters. The van der Waals surface area contributed by atoms with E-state index in [2.05, 4.69) is 0 Å². The Balaban J connectivity index is 2.02. The van der Waals surface area contributed by atoms with Gasteiger partial charge in [-0.05, 0) is 16.7 Å². The summed E-state index contributed by atoms with van der Waals surface area (Å²) in [5.74, 6) is 0. The van der Waals surface area contributed by atoms with Gasteiger partial charge in [-0.25, -0.2) is 0 Å². The van der Waals surface area contributed by atoms with Crippen molar-refractivity contribution in [2.45, 2.75) is 24.8 Å². The largest absolute Gasteiger partial charge is 0.393 e. The maximum Gasteiger partial charge on any atom is 0.393 e. The molecule has 134 valence electrons. The van der Waals surface area contributed by atoms with Crippen molar-refractivity contribution >= 4 is 13.3 Å². The first-order valence-electron chi connectivity index (χ1n) is 8.58. The average Bonchev–Trinajstić information content (AvgIpc) is 2.62. The predicted molar refractivity (Wildman–Crippen MR) is 104 cm³/mol.